The van der Waals surface area contributed by atoms with Crippen molar-refractivity contribution in [2.24, 2.45) is 5.92 Å². The van der Waals surface area contributed by atoms with Gasteiger partial charge in [-0.3, -0.25) is 0 Å². The molecule has 1 heterocycles. The van der Waals surface area contributed by atoms with Gasteiger partial charge in [0.2, 0.25) is 0 Å². The minimum absolute atomic E-state index is 0.209. The van der Waals surface area contributed by atoms with Gasteiger partial charge in [0.15, 0.2) is 0 Å². The van der Waals surface area contributed by atoms with Crippen molar-refractivity contribution in [1.82, 2.24) is 0 Å². The van der Waals surface area contributed by atoms with Gasteiger partial charge in [-0.25, -0.2) is 0 Å². The molecule has 0 radical (unpaired) electrons. The van der Waals surface area contributed by atoms with Gasteiger partial charge in [0.25, 0.3) is 0 Å². The number of carbonyl (C=O) groups excluding carboxylic acids is 1. The Morgan fingerprint density at radius 3 is 2.88 bits per heavy atom. The van der Waals surface area contributed by atoms with Crippen LogP contribution in [-0.2, 0) is 9.53 Å². The Balaban J connectivity index is 2.37. The van der Waals surface area contributed by atoms with Crippen molar-refractivity contribution in [2.45, 2.75) is 58.7 Å². The predicted molar refractivity (Wildman–Crippen MR) is 68.8 cm³/mol. The topological polar surface area (TPSA) is 26.3 Å². The second kappa shape index (κ2) is 4.41. The summed E-state index contributed by atoms with van der Waals surface area (Å²) in [5.74, 6) is 0.534. The summed E-state index contributed by atoms with van der Waals surface area (Å²) in [6, 6.07) is 0. The fourth-order valence-corrected chi connectivity index (χ4v) is 3.14. The van der Waals surface area contributed by atoms with Gasteiger partial charge in [0.05, 0.1) is 11.7 Å². The molecule has 2 aliphatic rings. The van der Waals surface area contributed by atoms with Crippen molar-refractivity contribution < 1.29 is 9.53 Å². The van der Waals surface area contributed by atoms with E-state index in [1.165, 1.54) is 16.7 Å². The molecule has 2 atom stereocenters. The minimum atomic E-state index is -0.382. The molecule has 0 saturated carbocycles. The van der Waals surface area contributed by atoms with Crippen LogP contribution < -0.4 is 0 Å². The molecule has 1 aliphatic carbocycles. The molecular formula is C15H22O2. The van der Waals surface area contributed by atoms with Gasteiger partial charge in [-0.2, -0.15) is 0 Å². The standard InChI is InChI=1S/C15H22O2/c1-10(2)14-11(3)5-6-13-12(14)9-15(4,17-13)7-8-16/h8-10,13H,5-7H2,1-4H3/t13-,15+/m1/s1. The average Bonchev–Trinajstić information content (AvgIpc) is 2.53. The lowest BCUT2D eigenvalue weighted by molar-refractivity contribution is -0.113. The molecule has 2 heteroatoms. The van der Waals surface area contributed by atoms with Gasteiger partial charge < -0.3 is 9.53 Å². The van der Waals surface area contributed by atoms with Gasteiger partial charge in [0, 0.05) is 6.42 Å². The zero-order valence-electron chi connectivity index (χ0n) is 11.2. The quantitative estimate of drug-likeness (QED) is 0.699. The summed E-state index contributed by atoms with van der Waals surface area (Å²) in [4.78, 5) is 10.7. The second-order valence-electron chi connectivity index (χ2n) is 5.78. The molecule has 0 fully saturated rings. The highest BCUT2D eigenvalue weighted by atomic mass is 16.5. The van der Waals surface area contributed by atoms with Crippen LogP contribution in [0.5, 0.6) is 0 Å². The third-order valence-electron chi connectivity index (χ3n) is 3.84. The van der Waals surface area contributed by atoms with Crippen LogP contribution in [0.3, 0.4) is 0 Å². The molecule has 17 heavy (non-hydrogen) atoms. The van der Waals surface area contributed by atoms with Crippen LogP contribution in [-0.4, -0.2) is 18.0 Å². The zero-order valence-corrected chi connectivity index (χ0v) is 11.2. The van der Waals surface area contributed by atoms with Gasteiger partial charge in [0.1, 0.15) is 6.29 Å². The largest absolute Gasteiger partial charge is 0.363 e. The number of aldehydes is 1. The lowest BCUT2D eigenvalue weighted by Gasteiger charge is -2.29. The second-order valence-corrected chi connectivity index (χ2v) is 5.78. The summed E-state index contributed by atoms with van der Waals surface area (Å²) in [7, 11) is 0. The van der Waals surface area contributed by atoms with Crippen molar-refractivity contribution in [3.05, 3.63) is 22.8 Å². The van der Waals surface area contributed by atoms with E-state index in [0.29, 0.717) is 12.3 Å². The first-order valence-electron chi connectivity index (χ1n) is 6.51. The first-order chi connectivity index (χ1) is 7.97. The normalized spacial score (nSPS) is 32.8. The molecule has 0 spiro atoms. The SMILES string of the molecule is CC1=C(C(C)C)C2=C[C@](C)(CC=O)O[C@@H]2CC1. The molecule has 0 unspecified atom stereocenters. The smallest absolute Gasteiger partial charge is 0.123 e. The Morgan fingerprint density at radius 1 is 1.59 bits per heavy atom. The van der Waals surface area contributed by atoms with Crippen LogP contribution in [0.2, 0.25) is 0 Å². The number of hydrogen-bond acceptors (Lipinski definition) is 2. The lowest BCUT2D eigenvalue weighted by Crippen LogP contribution is -2.27. The maximum absolute atomic E-state index is 10.7. The monoisotopic (exact) mass is 234 g/mol. The fraction of sp³-hybridized carbons (Fsp3) is 0.667. The Hall–Kier alpha value is -0.890. The first kappa shape index (κ1) is 12.6. The fourth-order valence-electron chi connectivity index (χ4n) is 3.14. The number of hydrogen-bond donors (Lipinski definition) is 0. The highest BCUT2D eigenvalue weighted by Gasteiger charge is 2.39. The number of carbonyl (C=O) groups is 1. The molecule has 0 aromatic heterocycles. The van der Waals surface area contributed by atoms with E-state index in [4.69, 9.17) is 4.74 Å². The minimum Gasteiger partial charge on any atom is -0.363 e. The van der Waals surface area contributed by atoms with Crippen LogP contribution in [0.25, 0.3) is 0 Å². The van der Waals surface area contributed by atoms with Crippen molar-refractivity contribution in [3.63, 3.8) is 0 Å². The molecular weight excluding hydrogens is 212 g/mol. The van der Waals surface area contributed by atoms with E-state index in [9.17, 15) is 4.79 Å². The van der Waals surface area contributed by atoms with Crippen LogP contribution in [0.4, 0.5) is 0 Å². The Morgan fingerprint density at radius 2 is 2.29 bits per heavy atom. The summed E-state index contributed by atoms with van der Waals surface area (Å²) in [5.41, 5.74) is 3.90. The van der Waals surface area contributed by atoms with Crippen LogP contribution in [0.1, 0.15) is 47.0 Å². The summed E-state index contributed by atoms with van der Waals surface area (Å²) >= 11 is 0. The first-order valence-corrected chi connectivity index (χ1v) is 6.51. The highest BCUT2D eigenvalue weighted by Crippen LogP contribution is 2.43. The third-order valence-corrected chi connectivity index (χ3v) is 3.84. The lowest BCUT2D eigenvalue weighted by atomic mass is 9.80. The maximum Gasteiger partial charge on any atom is 0.123 e. The van der Waals surface area contributed by atoms with E-state index in [-0.39, 0.29) is 11.7 Å². The Kier molecular flexibility index (Phi) is 3.26. The van der Waals surface area contributed by atoms with Gasteiger partial charge in [-0.05, 0) is 49.8 Å². The molecule has 0 N–H and O–H groups in total. The van der Waals surface area contributed by atoms with Gasteiger partial charge in [-0.15, -0.1) is 0 Å². The van der Waals surface area contributed by atoms with Crippen LogP contribution in [0, 0.1) is 5.92 Å². The van der Waals surface area contributed by atoms with Crippen molar-refractivity contribution >= 4 is 6.29 Å². The van der Waals surface area contributed by atoms with Gasteiger partial charge in [-0.1, -0.05) is 19.4 Å². The van der Waals surface area contributed by atoms with E-state index >= 15 is 0 Å². The van der Waals surface area contributed by atoms with Gasteiger partial charge >= 0.3 is 0 Å². The summed E-state index contributed by atoms with van der Waals surface area (Å²) in [5, 5.41) is 0. The molecule has 2 rings (SSSR count). The summed E-state index contributed by atoms with van der Waals surface area (Å²) in [6.07, 6.45) is 5.98. The molecule has 0 saturated heterocycles. The molecule has 1 aliphatic heterocycles. The molecule has 0 bridgehead atoms. The third kappa shape index (κ3) is 2.23. The number of rotatable bonds is 3. The molecule has 0 amide bonds. The molecule has 0 aromatic carbocycles. The van der Waals surface area contributed by atoms with E-state index in [2.05, 4.69) is 26.8 Å². The average molecular weight is 234 g/mol. The Bertz CT molecular complexity index is 390. The Labute approximate surface area is 104 Å². The molecule has 94 valence electrons. The van der Waals surface area contributed by atoms with E-state index in [1.807, 2.05) is 6.92 Å². The van der Waals surface area contributed by atoms with E-state index < -0.39 is 0 Å². The zero-order chi connectivity index (χ0) is 12.6. The van der Waals surface area contributed by atoms with E-state index in [0.717, 1.165) is 19.1 Å². The highest BCUT2D eigenvalue weighted by molar-refractivity contribution is 5.55. The molecule has 0 aromatic rings. The number of ether oxygens (including phenoxy) is 1. The maximum atomic E-state index is 10.7. The number of fused-ring (bicyclic) bond motifs is 1. The predicted octanol–water partition coefficient (Wildman–Crippen LogP) is 3.43. The molecule has 2 nitrogen and oxygen atoms in total. The summed E-state index contributed by atoms with van der Waals surface area (Å²) < 4.78 is 6.06. The van der Waals surface area contributed by atoms with Crippen LogP contribution in [0.15, 0.2) is 22.8 Å². The van der Waals surface area contributed by atoms with Crippen molar-refractivity contribution in [2.75, 3.05) is 0 Å². The van der Waals surface area contributed by atoms with Crippen LogP contribution >= 0.6 is 0 Å². The van der Waals surface area contributed by atoms with Crippen molar-refractivity contribution in [3.8, 4) is 0 Å². The van der Waals surface area contributed by atoms with Crippen molar-refractivity contribution in [1.29, 1.82) is 0 Å². The number of allylic oxidation sites excluding steroid dienone is 1. The summed E-state index contributed by atoms with van der Waals surface area (Å²) in [6.45, 7) is 8.71. The van der Waals surface area contributed by atoms with E-state index in [1.54, 1.807) is 0 Å².